The van der Waals surface area contributed by atoms with Crippen molar-refractivity contribution in [2.75, 3.05) is 29.2 Å². The molecular weight excluding hydrogens is 362 g/mol. The highest BCUT2D eigenvalue weighted by Crippen LogP contribution is 2.15. The minimum Gasteiger partial charge on any atom is -0.372 e. The summed E-state index contributed by atoms with van der Waals surface area (Å²) in [5.41, 5.74) is 4.99. The van der Waals surface area contributed by atoms with Crippen LogP contribution in [-0.2, 0) is 4.79 Å². The van der Waals surface area contributed by atoms with Crippen LogP contribution in [-0.4, -0.2) is 52.2 Å². The minimum absolute atomic E-state index is 0.0412. The number of hydrogen-bond donors (Lipinski definition) is 3. The zero-order valence-electron chi connectivity index (χ0n) is 16.2. The number of aromatic nitrogens is 3. The molecule has 0 atom stereocenters. The van der Waals surface area contributed by atoms with Crippen molar-refractivity contribution in [3.63, 3.8) is 0 Å². The van der Waals surface area contributed by atoms with Gasteiger partial charge in [-0.25, -0.2) is 10.5 Å². The van der Waals surface area contributed by atoms with Gasteiger partial charge in [0.2, 0.25) is 17.0 Å². The van der Waals surface area contributed by atoms with Crippen LogP contribution < -0.4 is 15.6 Å². The van der Waals surface area contributed by atoms with Gasteiger partial charge in [-0.15, -0.1) is 5.10 Å². The van der Waals surface area contributed by atoms with Gasteiger partial charge >= 0.3 is 0 Å². The second-order valence-electron chi connectivity index (χ2n) is 6.11. The van der Waals surface area contributed by atoms with E-state index in [4.69, 9.17) is 0 Å². The number of hydrogen-bond acceptors (Lipinski definition) is 7. The highest BCUT2D eigenvalue weighted by atomic mass is 32.2. The summed E-state index contributed by atoms with van der Waals surface area (Å²) in [6.45, 7) is 10.1. The third kappa shape index (κ3) is 6.93. The molecule has 0 fully saturated rings. The molecule has 146 valence electrons. The average Bonchev–Trinajstić information content (AvgIpc) is 3.09. The van der Waals surface area contributed by atoms with E-state index >= 15 is 0 Å². The lowest BCUT2D eigenvalue weighted by Gasteiger charge is -2.20. The number of H-pyrrole nitrogens is 1. The Morgan fingerprint density at radius 1 is 1.30 bits per heavy atom. The van der Waals surface area contributed by atoms with Gasteiger partial charge in [0.15, 0.2) is 0 Å². The van der Waals surface area contributed by atoms with E-state index in [0.29, 0.717) is 11.1 Å². The van der Waals surface area contributed by atoms with E-state index < -0.39 is 0 Å². The summed E-state index contributed by atoms with van der Waals surface area (Å²) in [6, 6.07) is 8.33. The molecule has 2 aromatic rings. The van der Waals surface area contributed by atoms with E-state index in [0.717, 1.165) is 18.7 Å². The fourth-order valence-electron chi connectivity index (χ4n) is 2.38. The van der Waals surface area contributed by atoms with E-state index in [1.54, 1.807) is 6.21 Å². The molecule has 9 heteroatoms. The van der Waals surface area contributed by atoms with Gasteiger partial charge < -0.3 is 10.2 Å². The molecule has 0 saturated heterocycles. The molecule has 1 aromatic heterocycles. The van der Waals surface area contributed by atoms with Gasteiger partial charge in [-0.3, -0.25) is 4.79 Å². The van der Waals surface area contributed by atoms with Crippen LogP contribution in [0, 0.1) is 0 Å². The maximum absolute atomic E-state index is 11.6. The molecule has 0 unspecified atom stereocenters. The average molecular weight is 390 g/mol. The van der Waals surface area contributed by atoms with E-state index in [-0.39, 0.29) is 17.7 Å². The standard InChI is InChI=1S/C18H27N7OS/c1-5-25(6-2)15-9-7-14(8-10-15)11-19-22-17-21-18(24-23-17)27-12-16(26)20-13(3)4/h7-11,13H,5-6,12H2,1-4H3,(H,20,26)(H2,21,22,23,24)/b19-11-. The van der Waals surface area contributed by atoms with E-state index in [2.05, 4.69) is 61.9 Å². The Labute approximate surface area is 164 Å². The Kier molecular flexibility index (Phi) is 8.12. The lowest BCUT2D eigenvalue weighted by Crippen LogP contribution is -2.31. The zero-order chi connectivity index (χ0) is 19.6. The topological polar surface area (TPSA) is 98.3 Å². The van der Waals surface area contributed by atoms with Crippen molar-refractivity contribution in [1.29, 1.82) is 0 Å². The number of benzene rings is 1. The van der Waals surface area contributed by atoms with Crippen LogP contribution in [0.4, 0.5) is 11.6 Å². The SMILES string of the molecule is CCN(CC)c1ccc(/C=N\Nc2nc(SCC(=O)NC(C)C)n[nH]2)cc1. The summed E-state index contributed by atoms with van der Waals surface area (Å²) in [6.07, 6.45) is 1.72. The lowest BCUT2D eigenvalue weighted by molar-refractivity contribution is -0.119. The minimum atomic E-state index is -0.0412. The molecule has 0 spiro atoms. The summed E-state index contributed by atoms with van der Waals surface area (Å²) in [7, 11) is 0. The fourth-order valence-corrected chi connectivity index (χ4v) is 2.99. The number of nitrogens with zero attached hydrogens (tertiary/aromatic N) is 4. The van der Waals surface area contributed by atoms with Crippen LogP contribution in [0.3, 0.4) is 0 Å². The molecule has 2 rings (SSSR count). The molecule has 0 bridgehead atoms. The molecule has 0 aliphatic carbocycles. The van der Waals surface area contributed by atoms with Gasteiger partial charge in [-0.05, 0) is 45.4 Å². The van der Waals surface area contributed by atoms with Crippen molar-refractivity contribution < 1.29 is 4.79 Å². The number of thioether (sulfide) groups is 1. The van der Waals surface area contributed by atoms with Gasteiger partial charge in [0, 0.05) is 24.8 Å². The molecule has 1 aromatic carbocycles. The van der Waals surface area contributed by atoms with Crippen molar-refractivity contribution >= 4 is 35.5 Å². The summed E-state index contributed by atoms with van der Waals surface area (Å²) < 4.78 is 0. The summed E-state index contributed by atoms with van der Waals surface area (Å²) >= 11 is 1.27. The Bertz CT molecular complexity index is 738. The maximum Gasteiger partial charge on any atom is 0.240 e. The summed E-state index contributed by atoms with van der Waals surface area (Å²) in [4.78, 5) is 18.1. The van der Waals surface area contributed by atoms with Gasteiger partial charge in [-0.1, -0.05) is 23.9 Å². The van der Waals surface area contributed by atoms with E-state index in [9.17, 15) is 4.79 Å². The molecule has 3 N–H and O–H groups in total. The number of carbonyl (C=O) groups excluding carboxylic acids is 1. The molecule has 27 heavy (non-hydrogen) atoms. The Morgan fingerprint density at radius 2 is 2.00 bits per heavy atom. The number of hydrazone groups is 1. The van der Waals surface area contributed by atoms with Crippen LogP contribution >= 0.6 is 11.8 Å². The molecule has 8 nitrogen and oxygen atoms in total. The number of nitrogens with one attached hydrogen (secondary N) is 3. The maximum atomic E-state index is 11.6. The fraction of sp³-hybridized carbons (Fsp3) is 0.444. The molecular formula is C18H27N7OS. The Hall–Kier alpha value is -2.55. The second-order valence-corrected chi connectivity index (χ2v) is 7.05. The smallest absolute Gasteiger partial charge is 0.240 e. The predicted molar refractivity (Wildman–Crippen MR) is 112 cm³/mol. The first kappa shape index (κ1) is 20.8. The Morgan fingerprint density at radius 3 is 2.63 bits per heavy atom. The zero-order valence-corrected chi connectivity index (χ0v) is 17.0. The van der Waals surface area contributed by atoms with Crippen molar-refractivity contribution in [1.82, 2.24) is 20.5 Å². The van der Waals surface area contributed by atoms with Crippen LogP contribution in [0.15, 0.2) is 34.5 Å². The van der Waals surface area contributed by atoms with Gasteiger partial charge in [0.25, 0.3) is 0 Å². The first-order valence-corrected chi connectivity index (χ1v) is 9.99. The molecule has 0 saturated carbocycles. The number of anilines is 2. The molecule has 1 heterocycles. The van der Waals surface area contributed by atoms with Crippen LogP contribution in [0.25, 0.3) is 0 Å². The van der Waals surface area contributed by atoms with Crippen LogP contribution in [0.5, 0.6) is 0 Å². The second kappa shape index (κ2) is 10.6. The van der Waals surface area contributed by atoms with Gasteiger partial charge in [-0.2, -0.15) is 10.1 Å². The first-order chi connectivity index (χ1) is 13.0. The van der Waals surface area contributed by atoms with Gasteiger partial charge in [0.05, 0.1) is 12.0 Å². The van der Waals surface area contributed by atoms with Crippen molar-refractivity contribution in [3.05, 3.63) is 29.8 Å². The number of aromatic amines is 1. The normalized spacial score (nSPS) is 11.1. The van der Waals surface area contributed by atoms with Crippen molar-refractivity contribution in [3.8, 4) is 0 Å². The number of rotatable bonds is 10. The molecule has 1 amide bonds. The number of amides is 1. The molecule has 0 radical (unpaired) electrons. The predicted octanol–water partition coefficient (Wildman–Crippen LogP) is 2.71. The third-order valence-electron chi connectivity index (χ3n) is 3.65. The largest absolute Gasteiger partial charge is 0.372 e. The highest BCUT2D eigenvalue weighted by molar-refractivity contribution is 7.99. The summed E-state index contributed by atoms with van der Waals surface area (Å²) in [5, 5.41) is 14.3. The van der Waals surface area contributed by atoms with Crippen molar-refractivity contribution in [2.45, 2.75) is 38.9 Å². The summed E-state index contributed by atoms with van der Waals surface area (Å²) in [5.74, 6) is 0.663. The van der Waals surface area contributed by atoms with Crippen LogP contribution in [0.2, 0.25) is 0 Å². The lowest BCUT2D eigenvalue weighted by atomic mass is 10.2. The first-order valence-electron chi connectivity index (χ1n) is 9.00. The van der Waals surface area contributed by atoms with E-state index in [1.807, 2.05) is 26.0 Å². The quantitative estimate of drug-likeness (QED) is 0.328. The highest BCUT2D eigenvalue weighted by Gasteiger charge is 2.08. The van der Waals surface area contributed by atoms with E-state index in [1.165, 1.54) is 17.4 Å². The molecule has 0 aliphatic rings. The Balaban J connectivity index is 1.82. The van der Waals surface area contributed by atoms with Gasteiger partial charge in [0.1, 0.15) is 0 Å². The van der Waals surface area contributed by atoms with Crippen LogP contribution in [0.1, 0.15) is 33.3 Å². The monoisotopic (exact) mass is 389 g/mol. The molecule has 0 aliphatic heterocycles. The third-order valence-corrected chi connectivity index (χ3v) is 4.50. The van der Waals surface area contributed by atoms with Crippen molar-refractivity contribution in [2.24, 2.45) is 5.10 Å². The number of carbonyl (C=O) groups is 1.